The number of nitrogen functional groups attached to an aromatic ring is 1. The average Bonchev–Trinajstić information content (AvgIpc) is 3.24. The average molecular weight is 368 g/mol. The molecule has 2 atom stereocenters. The van der Waals surface area contributed by atoms with Crippen molar-refractivity contribution in [2.24, 2.45) is 0 Å². The third kappa shape index (κ3) is 3.24. The highest BCUT2D eigenvalue weighted by Crippen LogP contribution is 2.49. The second-order valence-electron chi connectivity index (χ2n) is 7.36. The minimum absolute atomic E-state index is 0.115. The van der Waals surface area contributed by atoms with Crippen LogP contribution >= 0.6 is 11.8 Å². The van der Waals surface area contributed by atoms with Crippen molar-refractivity contribution < 1.29 is 9.84 Å². The lowest BCUT2D eigenvalue weighted by Gasteiger charge is -2.16. The summed E-state index contributed by atoms with van der Waals surface area (Å²) < 4.78 is 5.74. The molecular formula is C22H25NO2S. The Morgan fingerprint density at radius 3 is 2.77 bits per heavy atom. The maximum atomic E-state index is 10.2. The van der Waals surface area contributed by atoms with Gasteiger partial charge < -0.3 is 15.6 Å². The third-order valence-corrected chi connectivity index (χ3v) is 6.32. The van der Waals surface area contributed by atoms with Gasteiger partial charge in [0.1, 0.15) is 5.75 Å². The summed E-state index contributed by atoms with van der Waals surface area (Å²) >= 11 is 1.87. The lowest BCUT2D eigenvalue weighted by atomic mass is 9.94. The van der Waals surface area contributed by atoms with Crippen molar-refractivity contribution in [2.75, 3.05) is 5.73 Å². The fourth-order valence-corrected chi connectivity index (χ4v) is 5.11. The summed E-state index contributed by atoms with van der Waals surface area (Å²) in [5.74, 6) is 0.751. The van der Waals surface area contributed by atoms with Crippen molar-refractivity contribution in [3.63, 3.8) is 0 Å². The van der Waals surface area contributed by atoms with E-state index in [0.717, 1.165) is 30.6 Å². The Morgan fingerprint density at radius 1 is 1.19 bits per heavy atom. The Bertz CT molecular complexity index is 859. The molecule has 0 spiro atoms. The van der Waals surface area contributed by atoms with Gasteiger partial charge in [-0.25, -0.2) is 0 Å². The van der Waals surface area contributed by atoms with Gasteiger partial charge in [-0.3, -0.25) is 0 Å². The lowest BCUT2D eigenvalue weighted by molar-refractivity contribution is 0.180. The van der Waals surface area contributed by atoms with Gasteiger partial charge >= 0.3 is 0 Å². The summed E-state index contributed by atoms with van der Waals surface area (Å²) in [7, 11) is 0. The summed E-state index contributed by atoms with van der Waals surface area (Å²) in [4.78, 5) is 0. The molecule has 0 saturated carbocycles. The SMILES string of the molecule is CC(C)Oc1ccc(C2=CSC(c3cccc4c3CCC4O)C2)cc1N. The van der Waals surface area contributed by atoms with E-state index in [-0.39, 0.29) is 12.2 Å². The van der Waals surface area contributed by atoms with E-state index in [2.05, 4.69) is 29.7 Å². The van der Waals surface area contributed by atoms with Crippen LogP contribution in [-0.4, -0.2) is 11.2 Å². The van der Waals surface area contributed by atoms with Crippen molar-refractivity contribution in [3.05, 3.63) is 64.1 Å². The number of nitrogens with two attached hydrogens (primary N) is 1. The van der Waals surface area contributed by atoms with Gasteiger partial charge in [0.05, 0.1) is 17.9 Å². The smallest absolute Gasteiger partial charge is 0.142 e. The number of hydrogen-bond acceptors (Lipinski definition) is 4. The van der Waals surface area contributed by atoms with Crippen LogP contribution in [0.3, 0.4) is 0 Å². The van der Waals surface area contributed by atoms with Gasteiger partial charge in [0, 0.05) is 5.25 Å². The Balaban J connectivity index is 1.54. The molecule has 0 amide bonds. The minimum Gasteiger partial charge on any atom is -0.489 e. The molecule has 1 heterocycles. The van der Waals surface area contributed by atoms with E-state index in [4.69, 9.17) is 10.5 Å². The van der Waals surface area contributed by atoms with Gasteiger partial charge in [-0.05, 0) is 78.5 Å². The first-order valence-electron chi connectivity index (χ1n) is 9.23. The predicted octanol–water partition coefficient (Wildman–Crippen LogP) is 5.25. The lowest BCUT2D eigenvalue weighted by Crippen LogP contribution is -2.07. The topological polar surface area (TPSA) is 55.5 Å². The first-order valence-corrected chi connectivity index (χ1v) is 10.2. The Labute approximate surface area is 159 Å². The number of anilines is 1. The highest BCUT2D eigenvalue weighted by atomic mass is 32.2. The first kappa shape index (κ1) is 17.5. The number of fused-ring (bicyclic) bond motifs is 1. The van der Waals surface area contributed by atoms with Crippen LogP contribution in [0.2, 0.25) is 0 Å². The van der Waals surface area contributed by atoms with Crippen molar-refractivity contribution in [1.29, 1.82) is 0 Å². The summed E-state index contributed by atoms with van der Waals surface area (Å²) in [6.45, 7) is 4.01. The quantitative estimate of drug-likeness (QED) is 0.724. The number of ether oxygens (including phenoxy) is 1. The van der Waals surface area contributed by atoms with Crippen molar-refractivity contribution in [2.45, 2.75) is 50.6 Å². The summed E-state index contributed by atoms with van der Waals surface area (Å²) in [6, 6.07) is 12.5. The zero-order valence-corrected chi connectivity index (χ0v) is 16.1. The molecule has 136 valence electrons. The molecule has 2 aliphatic rings. The van der Waals surface area contributed by atoms with E-state index in [1.165, 1.54) is 22.3 Å². The second kappa shape index (κ2) is 7.01. The van der Waals surface area contributed by atoms with Crippen LogP contribution in [0.25, 0.3) is 5.57 Å². The van der Waals surface area contributed by atoms with Gasteiger partial charge in [0.15, 0.2) is 0 Å². The zero-order chi connectivity index (χ0) is 18.3. The number of aliphatic hydroxyl groups is 1. The molecule has 2 aromatic rings. The first-order chi connectivity index (χ1) is 12.5. The molecule has 2 unspecified atom stereocenters. The highest BCUT2D eigenvalue weighted by molar-refractivity contribution is 8.02. The number of allylic oxidation sites excluding steroid dienone is 1. The maximum absolute atomic E-state index is 10.2. The number of benzene rings is 2. The maximum Gasteiger partial charge on any atom is 0.142 e. The highest BCUT2D eigenvalue weighted by Gasteiger charge is 2.28. The van der Waals surface area contributed by atoms with Crippen LogP contribution in [-0.2, 0) is 6.42 Å². The van der Waals surface area contributed by atoms with Gasteiger partial charge in [-0.15, -0.1) is 11.8 Å². The molecule has 1 aliphatic heterocycles. The van der Waals surface area contributed by atoms with Crippen molar-refractivity contribution >= 4 is 23.0 Å². The second-order valence-corrected chi connectivity index (χ2v) is 8.44. The van der Waals surface area contributed by atoms with Crippen LogP contribution in [0, 0.1) is 0 Å². The molecule has 1 aliphatic carbocycles. The van der Waals surface area contributed by atoms with Crippen LogP contribution in [0.5, 0.6) is 5.75 Å². The number of thioether (sulfide) groups is 1. The van der Waals surface area contributed by atoms with Crippen LogP contribution in [0.1, 0.15) is 60.3 Å². The molecule has 4 heteroatoms. The van der Waals surface area contributed by atoms with E-state index in [1.54, 1.807) is 0 Å². The van der Waals surface area contributed by atoms with E-state index in [0.29, 0.717) is 10.9 Å². The van der Waals surface area contributed by atoms with E-state index in [9.17, 15) is 5.11 Å². The molecular weight excluding hydrogens is 342 g/mol. The molecule has 0 radical (unpaired) electrons. The Morgan fingerprint density at radius 2 is 2.00 bits per heavy atom. The summed E-state index contributed by atoms with van der Waals surface area (Å²) in [5.41, 5.74) is 13.2. The monoisotopic (exact) mass is 367 g/mol. The number of rotatable bonds is 4. The molecule has 3 nitrogen and oxygen atoms in total. The van der Waals surface area contributed by atoms with Gasteiger partial charge in [0.25, 0.3) is 0 Å². The molecule has 3 N–H and O–H groups in total. The standard InChI is InChI=1S/C22H25NO2S/c1-13(2)25-21-9-6-14(10-19(21)23)15-11-22(26-12-15)18-5-3-4-17-16(18)7-8-20(17)24/h3-6,9-10,12-13,20,22,24H,7-8,11,23H2,1-2H3. The summed E-state index contributed by atoms with van der Waals surface area (Å²) in [5, 5.41) is 12.8. The molecule has 0 bridgehead atoms. The normalized spacial score (nSPS) is 21.8. The van der Waals surface area contributed by atoms with Gasteiger partial charge in [-0.2, -0.15) is 0 Å². The largest absolute Gasteiger partial charge is 0.489 e. The minimum atomic E-state index is -0.294. The predicted molar refractivity (Wildman–Crippen MR) is 109 cm³/mol. The molecule has 4 rings (SSSR count). The third-order valence-electron chi connectivity index (χ3n) is 5.15. The fraction of sp³-hybridized carbons (Fsp3) is 0.364. The van der Waals surface area contributed by atoms with Gasteiger partial charge in [-0.1, -0.05) is 24.3 Å². The molecule has 2 aromatic carbocycles. The molecule has 0 fully saturated rings. The van der Waals surface area contributed by atoms with E-state index < -0.39 is 0 Å². The molecule has 26 heavy (non-hydrogen) atoms. The number of aliphatic hydroxyl groups excluding tert-OH is 1. The Kier molecular flexibility index (Phi) is 4.72. The fourth-order valence-electron chi connectivity index (χ4n) is 3.90. The summed E-state index contributed by atoms with van der Waals surface area (Å²) in [6.07, 6.45) is 2.63. The van der Waals surface area contributed by atoms with Crippen molar-refractivity contribution in [3.8, 4) is 5.75 Å². The van der Waals surface area contributed by atoms with Crippen LogP contribution in [0.15, 0.2) is 41.8 Å². The van der Waals surface area contributed by atoms with Crippen LogP contribution in [0.4, 0.5) is 5.69 Å². The van der Waals surface area contributed by atoms with E-state index >= 15 is 0 Å². The molecule has 0 aromatic heterocycles. The van der Waals surface area contributed by atoms with Crippen LogP contribution < -0.4 is 10.5 Å². The van der Waals surface area contributed by atoms with Crippen molar-refractivity contribution in [1.82, 2.24) is 0 Å². The van der Waals surface area contributed by atoms with E-state index in [1.807, 2.05) is 37.7 Å². The zero-order valence-electron chi connectivity index (χ0n) is 15.2. The number of hydrogen-bond donors (Lipinski definition) is 2. The van der Waals surface area contributed by atoms with Gasteiger partial charge in [0.2, 0.25) is 0 Å². The Hall–Kier alpha value is -1.91. The molecule has 0 saturated heterocycles.